The highest BCUT2D eigenvalue weighted by Gasteiger charge is 2.47. The number of hydrogen-bond donors (Lipinski definition) is 0. The molecular formula is C16H9F3O4. The fraction of sp³-hybridized carbons (Fsp3) is 0.188. The first-order valence-corrected chi connectivity index (χ1v) is 6.65. The summed E-state index contributed by atoms with van der Waals surface area (Å²) in [6.07, 6.45) is -1.36. The second-order valence-electron chi connectivity index (χ2n) is 5.12. The first kappa shape index (κ1) is 15.2. The second kappa shape index (κ2) is 5.19. The zero-order valence-corrected chi connectivity index (χ0v) is 11.5. The number of hydrogen-bond acceptors (Lipinski definition) is 4. The van der Waals surface area contributed by atoms with E-state index in [-0.39, 0.29) is 11.1 Å². The fourth-order valence-electron chi connectivity index (χ4n) is 2.72. The monoisotopic (exact) mass is 322 g/mol. The van der Waals surface area contributed by atoms with E-state index in [4.69, 9.17) is 0 Å². The Morgan fingerprint density at radius 1 is 1.04 bits per heavy atom. The van der Waals surface area contributed by atoms with Crippen LogP contribution in [0.15, 0.2) is 48.3 Å². The summed E-state index contributed by atoms with van der Waals surface area (Å²) in [6, 6.07) is 6.05. The van der Waals surface area contributed by atoms with E-state index in [1.807, 2.05) is 0 Å². The molecule has 0 amide bonds. The van der Waals surface area contributed by atoms with Gasteiger partial charge in [0.2, 0.25) is 0 Å². The largest absolute Gasteiger partial charge is 0.491 e. The summed E-state index contributed by atoms with van der Waals surface area (Å²) in [5, 5.41) is 0. The van der Waals surface area contributed by atoms with Crippen molar-refractivity contribution in [2.45, 2.75) is 6.18 Å². The topological polar surface area (TPSA) is 60.4 Å². The molecule has 0 radical (unpaired) electrons. The van der Waals surface area contributed by atoms with Gasteiger partial charge in [-0.25, -0.2) is 4.79 Å². The van der Waals surface area contributed by atoms with Crippen molar-refractivity contribution in [3.05, 3.63) is 59.4 Å². The lowest BCUT2D eigenvalue weighted by atomic mass is 9.71. The zero-order valence-electron chi connectivity index (χ0n) is 11.5. The average molecular weight is 322 g/mol. The van der Waals surface area contributed by atoms with E-state index in [1.165, 1.54) is 24.3 Å². The van der Waals surface area contributed by atoms with Crippen LogP contribution >= 0.6 is 0 Å². The number of ether oxygens (including phenoxy) is 1. The number of allylic oxidation sites excluding steroid dienone is 4. The quantitative estimate of drug-likeness (QED) is 0.746. The first-order chi connectivity index (χ1) is 10.8. The maximum atomic E-state index is 12.5. The van der Waals surface area contributed by atoms with E-state index in [0.29, 0.717) is 0 Å². The predicted octanol–water partition coefficient (Wildman–Crippen LogP) is 2.86. The molecular weight excluding hydrogens is 313 g/mol. The Morgan fingerprint density at radius 3 is 2.26 bits per heavy atom. The van der Waals surface area contributed by atoms with Crippen molar-refractivity contribution >= 4 is 17.5 Å². The standard InChI is InChI=1S/C16H9F3O4/c17-16(18,19)15(22)23-11-7-3-6-10-12(11)14(21)9-5-2-1-4-8(9)13(10)20/h1-7,10,12H. The molecule has 2 atom stereocenters. The Morgan fingerprint density at radius 2 is 1.65 bits per heavy atom. The van der Waals surface area contributed by atoms with E-state index >= 15 is 0 Å². The van der Waals surface area contributed by atoms with Crippen molar-refractivity contribution in [1.82, 2.24) is 0 Å². The number of ketones is 2. The van der Waals surface area contributed by atoms with Gasteiger partial charge < -0.3 is 4.74 Å². The third-order valence-electron chi connectivity index (χ3n) is 3.73. The molecule has 0 aliphatic heterocycles. The molecule has 0 bridgehead atoms. The summed E-state index contributed by atoms with van der Waals surface area (Å²) in [6.45, 7) is 0. The average Bonchev–Trinajstić information content (AvgIpc) is 2.51. The zero-order chi connectivity index (χ0) is 16.8. The fourth-order valence-corrected chi connectivity index (χ4v) is 2.72. The summed E-state index contributed by atoms with van der Waals surface area (Å²) < 4.78 is 41.4. The van der Waals surface area contributed by atoms with Gasteiger partial charge in [-0.1, -0.05) is 36.4 Å². The smallest absolute Gasteiger partial charge is 0.424 e. The highest BCUT2D eigenvalue weighted by atomic mass is 19.4. The number of carbonyl (C=O) groups is 3. The molecule has 0 spiro atoms. The molecule has 1 aromatic carbocycles. The number of halogens is 3. The van der Waals surface area contributed by atoms with Gasteiger partial charge in [-0.2, -0.15) is 13.2 Å². The van der Waals surface area contributed by atoms with Gasteiger partial charge in [-0.3, -0.25) is 9.59 Å². The minimum absolute atomic E-state index is 0.114. The minimum Gasteiger partial charge on any atom is -0.424 e. The molecule has 3 rings (SSSR count). The maximum Gasteiger partial charge on any atom is 0.491 e. The van der Waals surface area contributed by atoms with Gasteiger partial charge in [0.25, 0.3) is 0 Å². The van der Waals surface area contributed by atoms with Gasteiger partial charge in [0, 0.05) is 11.1 Å². The number of rotatable bonds is 1. The second-order valence-corrected chi connectivity index (χ2v) is 5.12. The Hall–Kier alpha value is -2.70. The molecule has 23 heavy (non-hydrogen) atoms. The van der Waals surface area contributed by atoms with Crippen LogP contribution in [0.1, 0.15) is 20.7 Å². The van der Waals surface area contributed by atoms with Crippen LogP contribution in [0.3, 0.4) is 0 Å². The van der Waals surface area contributed by atoms with Gasteiger partial charge in [0.15, 0.2) is 11.6 Å². The Balaban J connectivity index is 2.00. The third kappa shape index (κ3) is 2.48. The molecule has 1 aromatic rings. The van der Waals surface area contributed by atoms with Crippen LogP contribution in [0.5, 0.6) is 0 Å². The van der Waals surface area contributed by atoms with E-state index in [2.05, 4.69) is 4.74 Å². The lowest BCUT2D eigenvalue weighted by Crippen LogP contribution is -2.39. The van der Waals surface area contributed by atoms with Gasteiger partial charge in [-0.15, -0.1) is 0 Å². The van der Waals surface area contributed by atoms with Crippen LogP contribution in [0.4, 0.5) is 13.2 Å². The number of alkyl halides is 3. The predicted molar refractivity (Wildman–Crippen MR) is 71.5 cm³/mol. The van der Waals surface area contributed by atoms with Crippen molar-refractivity contribution in [2.75, 3.05) is 0 Å². The highest BCUT2D eigenvalue weighted by molar-refractivity contribution is 6.17. The molecule has 0 heterocycles. The van der Waals surface area contributed by atoms with Gasteiger partial charge in [-0.05, 0) is 6.08 Å². The number of fused-ring (bicyclic) bond motifs is 2. The summed E-state index contributed by atoms with van der Waals surface area (Å²) in [7, 11) is 0. The number of benzene rings is 1. The van der Waals surface area contributed by atoms with Crippen LogP contribution in [-0.4, -0.2) is 23.7 Å². The van der Waals surface area contributed by atoms with E-state index < -0.39 is 41.3 Å². The van der Waals surface area contributed by atoms with E-state index in [9.17, 15) is 27.6 Å². The van der Waals surface area contributed by atoms with Crippen LogP contribution < -0.4 is 0 Å². The minimum atomic E-state index is -5.18. The van der Waals surface area contributed by atoms with Crippen molar-refractivity contribution < 1.29 is 32.3 Å². The number of carbonyl (C=O) groups excluding carboxylic acids is 3. The number of esters is 1. The Bertz CT molecular complexity index is 774. The first-order valence-electron chi connectivity index (χ1n) is 6.65. The maximum absolute atomic E-state index is 12.5. The van der Waals surface area contributed by atoms with Crippen LogP contribution in [0, 0.1) is 11.8 Å². The molecule has 118 valence electrons. The summed E-state index contributed by atoms with van der Waals surface area (Å²) in [5.74, 6) is -6.05. The molecule has 2 aliphatic rings. The number of Topliss-reactive ketones (excluding diaryl/α,β-unsaturated/α-hetero) is 2. The van der Waals surface area contributed by atoms with Crippen LogP contribution in [0.2, 0.25) is 0 Å². The van der Waals surface area contributed by atoms with Crippen molar-refractivity contribution in [2.24, 2.45) is 11.8 Å². The molecule has 0 N–H and O–H groups in total. The molecule has 0 saturated carbocycles. The van der Waals surface area contributed by atoms with Gasteiger partial charge in [0.1, 0.15) is 5.76 Å². The SMILES string of the molecule is O=C1c2ccccc2C(=O)C2C(OC(=O)C(F)(F)F)=CC=CC12. The lowest BCUT2D eigenvalue weighted by molar-refractivity contribution is -0.196. The summed E-state index contributed by atoms with van der Waals surface area (Å²) >= 11 is 0. The molecule has 0 fully saturated rings. The van der Waals surface area contributed by atoms with Crippen molar-refractivity contribution in [1.29, 1.82) is 0 Å². The Kier molecular flexibility index (Phi) is 3.43. The Labute approximate surface area is 128 Å². The molecule has 2 unspecified atom stereocenters. The molecule has 0 aromatic heterocycles. The normalized spacial score (nSPS) is 23.0. The third-order valence-corrected chi connectivity index (χ3v) is 3.73. The van der Waals surface area contributed by atoms with Crippen LogP contribution in [0.25, 0.3) is 0 Å². The molecule has 7 heteroatoms. The van der Waals surface area contributed by atoms with E-state index in [0.717, 1.165) is 6.08 Å². The lowest BCUT2D eigenvalue weighted by Gasteiger charge is -2.31. The van der Waals surface area contributed by atoms with E-state index in [1.54, 1.807) is 12.1 Å². The summed E-state index contributed by atoms with van der Waals surface area (Å²) in [5.41, 5.74) is 0.329. The van der Waals surface area contributed by atoms with Crippen molar-refractivity contribution in [3.8, 4) is 0 Å². The highest BCUT2D eigenvalue weighted by Crippen LogP contribution is 2.38. The van der Waals surface area contributed by atoms with Crippen molar-refractivity contribution in [3.63, 3.8) is 0 Å². The summed E-state index contributed by atoms with van der Waals surface area (Å²) in [4.78, 5) is 36.0. The molecule has 0 saturated heterocycles. The van der Waals surface area contributed by atoms with Gasteiger partial charge in [0.05, 0.1) is 11.8 Å². The molecule has 2 aliphatic carbocycles. The molecule has 4 nitrogen and oxygen atoms in total. The van der Waals surface area contributed by atoms with Gasteiger partial charge >= 0.3 is 12.1 Å². The van der Waals surface area contributed by atoms with Crippen LogP contribution in [-0.2, 0) is 9.53 Å².